The van der Waals surface area contributed by atoms with E-state index >= 15 is 0 Å². The Morgan fingerprint density at radius 3 is 2.12 bits per heavy atom. The van der Waals surface area contributed by atoms with Gasteiger partial charge in [0.25, 0.3) is 0 Å². The summed E-state index contributed by atoms with van der Waals surface area (Å²) in [5.41, 5.74) is -0.247. The molecule has 0 aliphatic carbocycles. The lowest BCUT2D eigenvalue weighted by molar-refractivity contribution is -0.188. The van der Waals surface area contributed by atoms with Gasteiger partial charge in [0.2, 0.25) is 0 Å². The number of alkyl halides is 6. The van der Waals surface area contributed by atoms with Crippen LogP contribution in [0.5, 0.6) is 0 Å². The minimum atomic E-state index is -4.60. The predicted molar refractivity (Wildman–Crippen MR) is 77.0 cm³/mol. The van der Waals surface area contributed by atoms with Crippen molar-refractivity contribution in [3.05, 3.63) is 35.4 Å². The molecule has 25 heavy (non-hydrogen) atoms. The standard InChI is InChI=1S/C16H17F6NO2/c1-9(10-2-4-11(5-3-10)15(17,18)19)6-23-7-12(14(24)25)13(8-23)16(20,21)22/h2-5,9,12-13H,6-8H2,1H3,(H,24,25)/t9?,12-,13-/m1/s1. The molecule has 9 heteroatoms. The van der Waals surface area contributed by atoms with E-state index in [1.54, 1.807) is 6.92 Å². The molecule has 0 bridgehead atoms. The number of nitrogens with zero attached hydrogens (tertiary/aromatic N) is 1. The molecule has 1 aromatic carbocycles. The number of carbonyl (C=O) groups is 1. The molecule has 1 saturated heterocycles. The molecule has 1 fully saturated rings. The summed E-state index contributed by atoms with van der Waals surface area (Å²) in [5, 5.41) is 8.99. The van der Waals surface area contributed by atoms with Crippen LogP contribution in [0.2, 0.25) is 0 Å². The topological polar surface area (TPSA) is 40.5 Å². The zero-order valence-electron chi connectivity index (χ0n) is 13.2. The van der Waals surface area contributed by atoms with Crippen LogP contribution in [-0.4, -0.2) is 41.8 Å². The number of carboxylic acid groups (broad SMARTS) is 1. The highest BCUT2D eigenvalue weighted by Crippen LogP contribution is 2.38. The molecule has 1 aliphatic rings. The maximum atomic E-state index is 13.0. The molecule has 1 N–H and O–H groups in total. The second-order valence-corrected chi connectivity index (χ2v) is 6.33. The third-order valence-electron chi connectivity index (χ3n) is 4.47. The van der Waals surface area contributed by atoms with E-state index in [1.165, 1.54) is 17.0 Å². The van der Waals surface area contributed by atoms with E-state index in [4.69, 9.17) is 5.11 Å². The van der Waals surface area contributed by atoms with Crippen LogP contribution in [0, 0.1) is 11.8 Å². The van der Waals surface area contributed by atoms with Gasteiger partial charge in [0.1, 0.15) is 0 Å². The van der Waals surface area contributed by atoms with Crippen molar-refractivity contribution < 1.29 is 36.2 Å². The number of benzene rings is 1. The summed E-state index contributed by atoms with van der Waals surface area (Å²) in [4.78, 5) is 12.5. The number of likely N-dealkylation sites (tertiary alicyclic amines) is 1. The van der Waals surface area contributed by atoms with Crippen LogP contribution >= 0.6 is 0 Å². The van der Waals surface area contributed by atoms with Gasteiger partial charge in [-0.25, -0.2) is 0 Å². The fourth-order valence-corrected chi connectivity index (χ4v) is 3.11. The van der Waals surface area contributed by atoms with Crippen LogP contribution in [0.15, 0.2) is 24.3 Å². The highest BCUT2D eigenvalue weighted by molar-refractivity contribution is 5.71. The number of carboxylic acids is 1. The maximum absolute atomic E-state index is 13.0. The van der Waals surface area contributed by atoms with Crippen molar-refractivity contribution in [1.29, 1.82) is 0 Å². The van der Waals surface area contributed by atoms with E-state index in [1.807, 2.05) is 0 Å². The summed E-state index contributed by atoms with van der Waals surface area (Å²) in [6.07, 6.45) is -9.05. The first kappa shape index (κ1) is 19.6. The van der Waals surface area contributed by atoms with Crippen LogP contribution in [-0.2, 0) is 11.0 Å². The second kappa shape index (κ2) is 6.86. The summed E-state index contributed by atoms with van der Waals surface area (Å²) in [7, 11) is 0. The average molecular weight is 369 g/mol. The van der Waals surface area contributed by atoms with Crippen LogP contribution in [0.4, 0.5) is 26.3 Å². The van der Waals surface area contributed by atoms with E-state index in [0.717, 1.165) is 12.1 Å². The first-order valence-corrected chi connectivity index (χ1v) is 7.58. The molecule has 0 spiro atoms. The molecule has 140 valence electrons. The highest BCUT2D eigenvalue weighted by Gasteiger charge is 2.52. The van der Waals surface area contributed by atoms with E-state index in [9.17, 15) is 31.1 Å². The zero-order chi connectivity index (χ0) is 19.0. The summed E-state index contributed by atoms with van der Waals surface area (Å²) < 4.78 is 76.5. The predicted octanol–water partition coefficient (Wildman–Crippen LogP) is 4.00. The Kier molecular flexibility index (Phi) is 5.36. The molecule has 0 aromatic heterocycles. The van der Waals surface area contributed by atoms with Crippen LogP contribution in [0.25, 0.3) is 0 Å². The first-order valence-electron chi connectivity index (χ1n) is 7.58. The normalized spacial score (nSPS) is 23.6. The lowest BCUT2D eigenvalue weighted by Crippen LogP contribution is -2.33. The van der Waals surface area contributed by atoms with Crippen molar-refractivity contribution in [2.75, 3.05) is 19.6 Å². The maximum Gasteiger partial charge on any atom is 0.416 e. The molecule has 1 heterocycles. The number of hydrogen-bond acceptors (Lipinski definition) is 2. The minimum absolute atomic E-state index is 0.141. The Labute approximate surface area is 140 Å². The van der Waals surface area contributed by atoms with E-state index in [-0.39, 0.29) is 19.0 Å². The Hall–Kier alpha value is -1.77. The largest absolute Gasteiger partial charge is 0.481 e. The Balaban J connectivity index is 2.05. The molecule has 1 unspecified atom stereocenters. The number of hydrogen-bond donors (Lipinski definition) is 1. The molecule has 0 amide bonds. The van der Waals surface area contributed by atoms with Gasteiger partial charge in [0.15, 0.2) is 0 Å². The monoisotopic (exact) mass is 369 g/mol. The zero-order valence-corrected chi connectivity index (χ0v) is 13.2. The lowest BCUT2D eigenvalue weighted by atomic mass is 9.96. The quantitative estimate of drug-likeness (QED) is 0.816. The van der Waals surface area contributed by atoms with Crippen molar-refractivity contribution in [1.82, 2.24) is 4.90 Å². The molecular weight excluding hydrogens is 352 g/mol. The van der Waals surface area contributed by atoms with E-state index in [2.05, 4.69) is 0 Å². The fourth-order valence-electron chi connectivity index (χ4n) is 3.11. The molecule has 3 atom stereocenters. The van der Waals surface area contributed by atoms with Crippen molar-refractivity contribution in [3.8, 4) is 0 Å². The first-order chi connectivity index (χ1) is 11.4. The van der Waals surface area contributed by atoms with Gasteiger partial charge in [0.05, 0.1) is 17.4 Å². The molecule has 2 rings (SSSR count). The minimum Gasteiger partial charge on any atom is -0.481 e. The van der Waals surface area contributed by atoms with Gasteiger partial charge in [-0.05, 0) is 23.6 Å². The summed E-state index contributed by atoms with van der Waals surface area (Å²) in [6.45, 7) is 1.16. The molecule has 0 radical (unpaired) electrons. The van der Waals surface area contributed by atoms with Crippen LogP contribution in [0.3, 0.4) is 0 Å². The van der Waals surface area contributed by atoms with Gasteiger partial charge < -0.3 is 10.0 Å². The number of rotatable bonds is 4. The molecular formula is C16H17F6NO2. The van der Waals surface area contributed by atoms with Gasteiger partial charge in [-0.3, -0.25) is 4.79 Å². The fraction of sp³-hybridized carbons (Fsp3) is 0.562. The molecule has 3 nitrogen and oxygen atoms in total. The molecule has 1 aliphatic heterocycles. The average Bonchev–Trinajstić information content (AvgIpc) is 2.91. The van der Waals surface area contributed by atoms with Crippen molar-refractivity contribution in [2.24, 2.45) is 11.8 Å². The third kappa shape index (κ3) is 4.65. The van der Waals surface area contributed by atoms with Crippen LogP contribution in [0.1, 0.15) is 24.0 Å². The third-order valence-corrected chi connectivity index (χ3v) is 4.47. The summed E-state index contributed by atoms with van der Waals surface area (Å²) in [5.74, 6) is -5.29. The Morgan fingerprint density at radius 2 is 1.72 bits per heavy atom. The summed E-state index contributed by atoms with van der Waals surface area (Å²) in [6, 6.07) is 4.43. The van der Waals surface area contributed by atoms with Crippen molar-refractivity contribution in [3.63, 3.8) is 0 Å². The molecule has 0 saturated carbocycles. The van der Waals surface area contributed by atoms with Crippen LogP contribution < -0.4 is 0 Å². The second-order valence-electron chi connectivity index (χ2n) is 6.33. The van der Waals surface area contributed by atoms with Gasteiger partial charge >= 0.3 is 18.3 Å². The highest BCUT2D eigenvalue weighted by atomic mass is 19.4. The number of halogens is 6. The SMILES string of the molecule is CC(CN1C[C@@H](C(F)(F)F)[C@H](C(=O)O)C1)c1ccc(C(F)(F)F)cc1. The van der Waals surface area contributed by atoms with E-state index < -0.39 is 42.3 Å². The Morgan fingerprint density at radius 1 is 1.16 bits per heavy atom. The lowest BCUT2D eigenvalue weighted by Gasteiger charge is -2.22. The van der Waals surface area contributed by atoms with Crippen molar-refractivity contribution in [2.45, 2.75) is 25.2 Å². The van der Waals surface area contributed by atoms with Gasteiger partial charge in [0, 0.05) is 19.6 Å². The smallest absolute Gasteiger partial charge is 0.416 e. The molecule has 1 aromatic rings. The van der Waals surface area contributed by atoms with Gasteiger partial charge in [-0.2, -0.15) is 26.3 Å². The van der Waals surface area contributed by atoms with Gasteiger partial charge in [-0.1, -0.05) is 19.1 Å². The van der Waals surface area contributed by atoms with Crippen molar-refractivity contribution >= 4 is 5.97 Å². The van der Waals surface area contributed by atoms with Gasteiger partial charge in [-0.15, -0.1) is 0 Å². The van der Waals surface area contributed by atoms with E-state index in [0.29, 0.717) is 5.56 Å². The Bertz CT molecular complexity index is 611. The summed E-state index contributed by atoms with van der Waals surface area (Å²) >= 11 is 0. The number of aliphatic carboxylic acids is 1.